The average Bonchev–Trinajstić information content (AvgIpc) is 3.20. The Kier molecular flexibility index (Phi) is 4.64. The molecule has 2 amide bonds. The smallest absolute Gasteiger partial charge is 0.251 e. The molecule has 3 fully saturated rings. The Hall–Kier alpha value is -1.67. The summed E-state index contributed by atoms with van der Waals surface area (Å²) in [7, 11) is 1.50. The van der Waals surface area contributed by atoms with Crippen LogP contribution in [-0.4, -0.2) is 62.0 Å². The van der Waals surface area contributed by atoms with E-state index in [1.54, 1.807) is 18.2 Å². The van der Waals surface area contributed by atoms with E-state index < -0.39 is 11.8 Å². The molecule has 140 valence electrons. The molecule has 1 spiro atoms. The number of amides is 2. The SMILES string of the molecule is COc1ccc(Cl)cc1N1C(=O)C[C@H](N2CCC3(CC2)OCCO3)C1=O. The van der Waals surface area contributed by atoms with Crippen LogP contribution in [-0.2, 0) is 19.1 Å². The summed E-state index contributed by atoms with van der Waals surface area (Å²) in [6, 6.07) is 4.44. The van der Waals surface area contributed by atoms with Gasteiger partial charge in [0.2, 0.25) is 5.91 Å². The van der Waals surface area contributed by atoms with Crippen molar-refractivity contribution >= 4 is 29.1 Å². The zero-order chi connectivity index (χ0) is 18.3. The van der Waals surface area contributed by atoms with Crippen molar-refractivity contribution in [2.75, 3.05) is 38.3 Å². The Balaban J connectivity index is 1.52. The van der Waals surface area contributed by atoms with E-state index in [0.29, 0.717) is 55.6 Å². The minimum Gasteiger partial charge on any atom is -0.495 e. The number of hydrogen-bond donors (Lipinski definition) is 0. The summed E-state index contributed by atoms with van der Waals surface area (Å²) in [6.07, 6.45) is 1.56. The van der Waals surface area contributed by atoms with Crippen molar-refractivity contribution in [2.24, 2.45) is 0 Å². The summed E-state index contributed by atoms with van der Waals surface area (Å²) in [5.41, 5.74) is 0.397. The first-order valence-corrected chi connectivity index (χ1v) is 9.13. The van der Waals surface area contributed by atoms with Crippen molar-refractivity contribution in [1.29, 1.82) is 0 Å². The Bertz CT molecular complexity index is 724. The van der Waals surface area contributed by atoms with Gasteiger partial charge in [-0.15, -0.1) is 0 Å². The average molecular weight is 381 g/mol. The molecule has 0 unspecified atom stereocenters. The molecule has 8 heteroatoms. The molecule has 3 aliphatic rings. The Labute approximate surface area is 156 Å². The molecule has 7 nitrogen and oxygen atoms in total. The fourth-order valence-electron chi connectivity index (χ4n) is 3.95. The van der Waals surface area contributed by atoms with Gasteiger partial charge in [0.1, 0.15) is 5.75 Å². The Morgan fingerprint density at radius 2 is 1.88 bits per heavy atom. The first-order valence-electron chi connectivity index (χ1n) is 8.75. The number of carbonyl (C=O) groups is 2. The van der Waals surface area contributed by atoms with Crippen LogP contribution in [0.2, 0.25) is 5.02 Å². The third kappa shape index (κ3) is 2.99. The summed E-state index contributed by atoms with van der Waals surface area (Å²) in [5, 5.41) is 0.445. The number of imide groups is 1. The van der Waals surface area contributed by atoms with Gasteiger partial charge in [0.25, 0.3) is 5.91 Å². The normalized spacial score (nSPS) is 26.1. The lowest BCUT2D eigenvalue weighted by atomic mass is 10.0. The molecule has 0 radical (unpaired) electrons. The van der Waals surface area contributed by atoms with Gasteiger partial charge in [-0.25, -0.2) is 4.90 Å². The van der Waals surface area contributed by atoms with Gasteiger partial charge in [-0.05, 0) is 18.2 Å². The minimum atomic E-state index is -0.502. The van der Waals surface area contributed by atoms with E-state index in [-0.39, 0.29) is 18.2 Å². The predicted molar refractivity (Wildman–Crippen MR) is 94.3 cm³/mol. The molecule has 0 aromatic heterocycles. The Morgan fingerprint density at radius 1 is 1.19 bits per heavy atom. The standard InChI is InChI=1S/C18H21ClN2O5/c1-24-15-3-2-12(19)10-13(15)21-16(22)11-14(17(21)23)20-6-4-18(5-7-20)25-8-9-26-18/h2-3,10,14H,4-9,11H2,1H3/t14-/m0/s1. The van der Waals surface area contributed by atoms with Gasteiger partial charge < -0.3 is 14.2 Å². The first kappa shape index (κ1) is 17.7. The number of benzene rings is 1. The van der Waals surface area contributed by atoms with Crippen LogP contribution in [0.1, 0.15) is 19.3 Å². The van der Waals surface area contributed by atoms with Crippen molar-refractivity contribution in [3.63, 3.8) is 0 Å². The van der Waals surface area contributed by atoms with E-state index in [1.165, 1.54) is 12.0 Å². The lowest BCUT2D eigenvalue weighted by Crippen LogP contribution is -2.51. The van der Waals surface area contributed by atoms with Crippen molar-refractivity contribution in [1.82, 2.24) is 4.90 Å². The molecule has 1 aromatic carbocycles. The summed E-state index contributed by atoms with van der Waals surface area (Å²) >= 11 is 6.06. The van der Waals surface area contributed by atoms with Crippen LogP contribution in [0.25, 0.3) is 0 Å². The number of anilines is 1. The second-order valence-electron chi connectivity index (χ2n) is 6.75. The largest absolute Gasteiger partial charge is 0.495 e. The van der Waals surface area contributed by atoms with Gasteiger partial charge in [0.05, 0.1) is 38.5 Å². The van der Waals surface area contributed by atoms with Gasteiger partial charge in [0.15, 0.2) is 5.79 Å². The number of likely N-dealkylation sites (tertiary alicyclic amines) is 1. The second kappa shape index (κ2) is 6.81. The highest BCUT2D eigenvalue weighted by Crippen LogP contribution is 2.37. The summed E-state index contributed by atoms with van der Waals surface area (Å²) in [6.45, 7) is 2.54. The quantitative estimate of drug-likeness (QED) is 0.745. The summed E-state index contributed by atoms with van der Waals surface area (Å²) < 4.78 is 16.8. The molecule has 3 aliphatic heterocycles. The highest BCUT2D eigenvalue weighted by molar-refractivity contribution is 6.31. The highest BCUT2D eigenvalue weighted by Gasteiger charge is 2.47. The van der Waals surface area contributed by atoms with E-state index in [9.17, 15) is 9.59 Å². The van der Waals surface area contributed by atoms with Gasteiger partial charge in [-0.3, -0.25) is 14.5 Å². The Morgan fingerprint density at radius 3 is 2.54 bits per heavy atom. The maximum Gasteiger partial charge on any atom is 0.251 e. The number of halogens is 1. The number of hydrogen-bond acceptors (Lipinski definition) is 6. The van der Waals surface area contributed by atoms with Crippen molar-refractivity contribution in [2.45, 2.75) is 31.1 Å². The van der Waals surface area contributed by atoms with E-state index >= 15 is 0 Å². The van der Waals surface area contributed by atoms with E-state index in [2.05, 4.69) is 0 Å². The molecule has 1 atom stereocenters. The molecule has 3 heterocycles. The lowest BCUT2D eigenvalue weighted by Gasteiger charge is -2.39. The summed E-state index contributed by atoms with van der Waals surface area (Å²) in [4.78, 5) is 28.9. The van der Waals surface area contributed by atoms with Crippen LogP contribution in [0.5, 0.6) is 5.75 Å². The van der Waals surface area contributed by atoms with Crippen molar-refractivity contribution in [3.05, 3.63) is 23.2 Å². The second-order valence-corrected chi connectivity index (χ2v) is 7.18. The molecule has 0 N–H and O–H groups in total. The highest BCUT2D eigenvalue weighted by atomic mass is 35.5. The van der Waals surface area contributed by atoms with Crippen LogP contribution in [0.15, 0.2) is 18.2 Å². The summed E-state index contributed by atoms with van der Waals surface area (Å²) in [5.74, 6) is -0.533. The molecule has 0 saturated carbocycles. The van der Waals surface area contributed by atoms with Crippen LogP contribution in [0, 0.1) is 0 Å². The first-order chi connectivity index (χ1) is 12.5. The fourth-order valence-corrected chi connectivity index (χ4v) is 4.12. The maximum absolute atomic E-state index is 13.0. The minimum absolute atomic E-state index is 0.156. The molecular weight excluding hydrogens is 360 g/mol. The van der Waals surface area contributed by atoms with E-state index in [0.717, 1.165) is 0 Å². The van der Waals surface area contributed by atoms with Crippen molar-refractivity contribution in [3.8, 4) is 5.75 Å². The molecular formula is C18H21ClN2O5. The lowest BCUT2D eigenvalue weighted by molar-refractivity contribution is -0.188. The topological polar surface area (TPSA) is 68.3 Å². The molecule has 3 saturated heterocycles. The van der Waals surface area contributed by atoms with Gasteiger partial charge >= 0.3 is 0 Å². The molecule has 0 aliphatic carbocycles. The van der Waals surface area contributed by atoms with E-state index in [4.69, 9.17) is 25.8 Å². The molecule has 0 bridgehead atoms. The number of ether oxygens (including phenoxy) is 3. The number of rotatable bonds is 3. The fraction of sp³-hybridized carbons (Fsp3) is 0.556. The van der Waals surface area contributed by atoms with Gasteiger partial charge in [-0.2, -0.15) is 0 Å². The number of nitrogens with zero attached hydrogens (tertiary/aromatic N) is 2. The monoisotopic (exact) mass is 380 g/mol. The zero-order valence-electron chi connectivity index (χ0n) is 14.6. The van der Waals surface area contributed by atoms with Crippen LogP contribution in [0.4, 0.5) is 5.69 Å². The third-order valence-corrected chi connectivity index (χ3v) is 5.55. The van der Waals surface area contributed by atoms with Crippen molar-refractivity contribution < 1.29 is 23.8 Å². The third-order valence-electron chi connectivity index (χ3n) is 5.32. The molecule has 1 aromatic rings. The molecule has 4 rings (SSSR count). The van der Waals surface area contributed by atoms with Crippen LogP contribution in [0.3, 0.4) is 0 Å². The van der Waals surface area contributed by atoms with E-state index in [1.807, 2.05) is 4.90 Å². The maximum atomic E-state index is 13.0. The molecule has 26 heavy (non-hydrogen) atoms. The van der Waals surface area contributed by atoms with Gasteiger partial charge in [0, 0.05) is 31.0 Å². The number of piperidine rings is 1. The predicted octanol–water partition coefficient (Wildman–Crippen LogP) is 1.82. The van der Waals surface area contributed by atoms with Crippen LogP contribution >= 0.6 is 11.6 Å². The number of methoxy groups -OCH3 is 1. The van der Waals surface area contributed by atoms with Gasteiger partial charge in [-0.1, -0.05) is 11.6 Å². The zero-order valence-corrected chi connectivity index (χ0v) is 15.3. The number of carbonyl (C=O) groups excluding carboxylic acids is 2. The van der Waals surface area contributed by atoms with Crippen LogP contribution < -0.4 is 9.64 Å².